The zero-order chi connectivity index (χ0) is 22.1. The topological polar surface area (TPSA) is 114 Å². The Morgan fingerprint density at radius 1 is 1.16 bits per heavy atom. The van der Waals surface area contributed by atoms with Crippen molar-refractivity contribution in [2.24, 2.45) is 0 Å². The highest BCUT2D eigenvalue weighted by Crippen LogP contribution is 2.38. The van der Waals surface area contributed by atoms with Crippen LogP contribution in [0.3, 0.4) is 0 Å². The number of carbonyl (C=O) groups excluding carboxylic acids is 2. The molecule has 3 aromatic heterocycles. The van der Waals surface area contributed by atoms with Crippen molar-refractivity contribution in [1.29, 1.82) is 5.26 Å². The number of aromatic nitrogens is 4. The number of pyridine rings is 1. The van der Waals surface area contributed by atoms with Gasteiger partial charge in [-0.1, -0.05) is 12.1 Å². The van der Waals surface area contributed by atoms with Crippen LogP contribution in [0.25, 0.3) is 11.0 Å². The number of rotatable bonds is 6. The van der Waals surface area contributed by atoms with Gasteiger partial charge in [0, 0.05) is 35.6 Å². The Hall–Kier alpha value is -4.38. The molecular formula is C24H18N6O2. The van der Waals surface area contributed by atoms with Crippen LogP contribution in [-0.2, 0) is 11.2 Å². The van der Waals surface area contributed by atoms with Crippen molar-refractivity contribution >= 4 is 28.5 Å². The third-order valence-electron chi connectivity index (χ3n) is 5.42. The molecule has 32 heavy (non-hydrogen) atoms. The summed E-state index contributed by atoms with van der Waals surface area (Å²) in [5.74, 6) is -0.128. The van der Waals surface area contributed by atoms with Crippen LogP contribution in [0.15, 0.2) is 61.3 Å². The van der Waals surface area contributed by atoms with Crippen molar-refractivity contribution in [2.45, 2.75) is 25.3 Å². The fraction of sp³-hybridized carbons (Fsp3) is 0.167. The second kappa shape index (κ2) is 8.04. The van der Waals surface area contributed by atoms with E-state index in [0.717, 1.165) is 24.1 Å². The fourth-order valence-corrected chi connectivity index (χ4v) is 3.67. The largest absolute Gasteiger partial charge is 0.329 e. The Morgan fingerprint density at radius 3 is 2.72 bits per heavy atom. The summed E-state index contributed by atoms with van der Waals surface area (Å²) < 4.78 is 2.05. The summed E-state index contributed by atoms with van der Waals surface area (Å²) in [6.45, 7) is 0. The highest BCUT2D eigenvalue weighted by Gasteiger charge is 2.28. The lowest BCUT2D eigenvalue weighted by molar-refractivity contribution is -0.115. The molecular weight excluding hydrogens is 404 g/mol. The number of fused-ring (bicyclic) bond motifs is 1. The van der Waals surface area contributed by atoms with Crippen molar-refractivity contribution < 1.29 is 9.59 Å². The molecule has 156 valence electrons. The second-order valence-corrected chi connectivity index (χ2v) is 7.73. The van der Waals surface area contributed by atoms with Crippen LogP contribution in [0.4, 0.5) is 5.82 Å². The average molecular weight is 422 g/mol. The molecule has 1 aliphatic rings. The van der Waals surface area contributed by atoms with Gasteiger partial charge in [0.2, 0.25) is 5.91 Å². The summed E-state index contributed by atoms with van der Waals surface area (Å²) in [5.41, 5.74) is 3.04. The van der Waals surface area contributed by atoms with Crippen molar-refractivity contribution in [2.75, 3.05) is 5.32 Å². The fourth-order valence-electron chi connectivity index (χ4n) is 3.67. The summed E-state index contributed by atoms with van der Waals surface area (Å²) >= 11 is 0. The first-order valence-corrected chi connectivity index (χ1v) is 10.2. The van der Waals surface area contributed by atoms with E-state index in [1.807, 2.05) is 16.8 Å². The average Bonchev–Trinajstić information content (AvgIpc) is 3.59. The zero-order valence-electron chi connectivity index (χ0n) is 17.0. The van der Waals surface area contributed by atoms with Gasteiger partial charge < -0.3 is 9.88 Å². The highest BCUT2D eigenvalue weighted by atomic mass is 16.1. The van der Waals surface area contributed by atoms with Crippen molar-refractivity contribution in [3.8, 4) is 6.07 Å². The number of ketones is 1. The van der Waals surface area contributed by atoms with E-state index >= 15 is 0 Å². The third kappa shape index (κ3) is 3.84. The van der Waals surface area contributed by atoms with Gasteiger partial charge in [-0.2, -0.15) is 5.26 Å². The minimum Gasteiger partial charge on any atom is -0.329 e. The van der Waals surface area contributed by atoms with E-state index in [0.29, 0.717) is 33.9 Å². The molecule has 0 spiro atoms. The molecule has 0 bridgehead atoms. The van der Waals surface area contributed by atoms with Gasteiger partial charge >= 0.3 is 0 Å². The second-order valence-electron chi connectivity index (χ2n) is 7.73. The van der Waals surface area contributed by atoms with Gasteiger partial charge in [0.25, 0.3) is 0 Å². The number of anilines is 1. The van der Waals surface area contributed by atoms with Crippen LogP contribution < -0.4 is 5.32 Å². The van der Waals surface area contributed by atoms with Gasteiger partial charge in [0.15, 0.2) is 5.78 Å². The summed E-state index contributed by atoms with van der Waals surface area (Å²) in [6.07, 6.45) is 8.79. The molecule has 1 aliphatic carbocycles. The molecule has 5 rings (SSSR count). The van der Waals surface area contributed by atoms with Gasteiger partial charge in [-0.3, -0.25) is 9.59 Å². The van der Waals surface area contributed by atoms with E-state index in [4.69, 9.17) is 5.26 Å². The number of carbonyl (C=O) groups is 2. The Morgan fingerprint density at radius 2 is 1.97 bits per heavy atom. The normalized spacial score (nSPS) is 13.0. The lowest BCUT2D eigenvalue weighted by Gasteiger charge is -2.06. The lowest BCUT2D eigenvalue weighted by atomic mass is 10.1. The molecule has 1 saturated carbocycles. The number of nitrogens with one attached hydrogen (secondary N) is 1. The number of hydrogen-bond acceptors (Lipinski definition) is 6. The molecule has 0 saturated heterocycles. The van der Waals surface area contributed by atoms with Crippen LogP contribution in [-0.4, -0.2) is 31.2 Å². The number of hydrogen-bond donors (Lipinski definition) is 1. The minimum atomic E-state index is -0.259. The van der Waals surface area contributed by atoms with E-state index in [9.17, 15) is 9.59 Å². The molecule has 1 N–H and O–H groups in total. The molecule has 3 heterocycles. The summed E-state index contributed by atoms with van der Waals surface area (Å²) in [7, 11) is 0. The third-order valence-corrected chi connectivity index (χ3v) is 5.42. The van der Waals surface area contributed by atoms with Crippen molar-refractivity contribution in [1.82, 2.24) is 19.5 Å². The maximum absolute atomic E-state index is 13.3. The lowest BCUT2D eigenvalue weighted by Crippen LogP contribution is -2.16. The van der Waals surface area contributed by atoms with E-state index in [1.54, 1.807) is 42.6 Å². The predicted molar refractivity (Wildman–Crippen MR) is 117 cm³/mol. The van der Waals surface area contributed by atoms with Crippen LogP contribution in [0, 0.1) is 11.3 Å². The number of benzene rings is 1. The van der Waals surface area contributed by atoms with Crippen LogP contribution in [0.2, 0.25) is 0 Å². The van der Waals surface area contributed by atoms with Gasteiger partial charge in [-0.15, -0.1) is 0 Å². The maximum atomic E-state index is 13.3. The molecule has 1 fully saturated rings. The quantitative estimate of drug-likeness (QED) is 0.476. The molecule has 4 aromatic rings. The Bertz CT molecular complexity index is 1380. The van der Waals surface area contributed by atoms with E-state index in [-0.39, 0.29) is 18.1 Å². The van der Waals surface area contributed by atoms with Crippen LogP contribution in [0.5, 0.6) is 0 Å². The van der Waals surface area contributed by atoms with E-state index in [1.165, 1.54) is 12.5 Å². The van der Waals surface area contributed by atoms with E-state index in [2.05, 4.69) is 20.3 Å². The standard InChI is InChI=1S/C24H18N6O2/c25-11-16-3-1-15(2-4-16)9-22(31)29-21-10-17(7-8-27-21)23(32)20-13-30(18-5-6-18)24-19(20)12-26-14-28-24/h1-4,7-8,10,12-14,18H,5-6,9H2,(H,27,29,31). The molecule has 8 heteroatoms. The highest BCUT2D eigenvalue weighted by molar-refractivity contribution is 6.16. The number of amides is 1. The Labute approximate surface area is 183 Å². The van der Waals surface area contributed by atoms with Crippen LogP contribution in [0.1, 0.15) is 45.9 Å². The first-order valence-electron chi connectivity index (χ1n) is 10.2. The molecule has 8 nitrogen and oxygen atoms in total. The molecule has 0 aliphatic heterocycles. The van der Waals surface area contributed by atoms with E-state index < -0.39 is 0 Å². The number of nitriles is 1. The van der Waals surface area contributed by atoms with Gasteiger partial charge in [0.05, 0.1) is 23.6 Å². The zero-order valence-corrected chi connectivity index (χ0v) is 17.0. The summed E-state index contributed by atoms with van der Waals surface area (Å²) in [5, 5.41) is 12.3. The molecule has 0 unspecified atom stereocenters. The summed E-state index contributed by atoms with van der Waals surface area (Å²) in [4.78, 5) is 38.3. The Balaban J connectivity index is 1.36. The molecule has 1 amide bonds. The SMILES string of the molecule is N#Cc1ccc(CC(=O)Nc2cc(C(=O)c3cn(C4CC4)c4ncncc34)ccn2)cc1. The summed E-state index contributed by atoms with van der Waals surface area (Å²) in [6, 6.07) is 12.4. The maximum Gasteiger partial charge on any atom is 0.229 e. The molecule has 1 aromatic carbocycles. The number of nitrogens with zero attached hydrogens (tertiary/aromatic N) is 5. The first-order chi connectivity index (χ1) is 15.6. The predicted octanol–water partition coefficient (Wildman–Crippen LogP) is 3.45. The Kier molecular flexibility index (Phi) is 4.92. The molecule has 0 radical (unpaired) electrons. The van der Waals surface area contributed by atoms with Crippen molar-refractivity contribution in [3.05, 3.63) is 83.6 Å². The van der Waals surface area contributed by atoms with Gasteiger partial charge in [-0.05, 0) is 42.7 Å². The van der Waals surface area contributed by atoms with Gasteiger partial charge in [0.1, 0.15) is 17.8 Å². The first kappa shape index (κ1) is 19.6. The van der Waals surface area contributed by atoms with Crippen LogP contribution >= 0.6 is 0 Å². The smallest absolute Gasteiger partial charge is 0.229 e. The minimum absolute atomic E-state index is 0.137. The van der Waals surface area contributed by atoms with Gasteiger partial charge in [-0.25, -0.2) is 15.0 Å². The molecule has 0 atom stereocenters. The van der Waals surface area contributed by atoms with Crippen molar-refractivity contribution in [3.63, 3.8) is 0 Å². The monoisotopic (exact) mass is 422 g/mol.